The molecule has 7 atom stereocenters. The molecule has 176 valence electrons. The van der Waals surface area contributed by atoms with Crippen molar-refractivity contribution in [2.45, 2.75) is 90.3 Å². The number of nitrogens with zero attached hydrogens (tertiary/aromatic N) is 2. The van der Waals surface area contributed by atoms with E-state index in [1.165, 1.54) is 6.26 Å². The quantitative estimate of drug-likeness (QED) is 0.657. The van der Waals surface area contributed by atoms with Gasteiger partial charge in [-0.2, -0.15) is 0 Å². The highest BCUT2D eigenvalue weighted by Crippen LogP contribution is 2.46. The summed E-state index contributed by atoms with van der Waals surface area (Å²) in [5.41, 5.74) is 0. The molecular formula is C24H40N2O4S. The lowest BCUT2D eigenvalue weighted by Crippen LogP contribution is -2.67. The van der Waals surface area contributed by atoms with Gasteiger partial charge in [-0.05, 0) is 75.5 Å². The van der Waals surface area contributed by atoms with Crippen molar-refractivity contribution in [3.63, 3.8) is 0 Å². The van der Waals surface area contributed by atoms with E-state index in [4.69, 9.17) is 0 Å². The molecule has 31 heavy (non-hydrogen) atoms. The molecule has 4 rings (SSSR count). The molecule has 7 heteroatoms. The third kappa shape index (κ3) is 4.96. The molecule has 4 aliphatic rings. The van der Waals surface area contributed by atoms with Gasteiger partial charge in [0.1, 0.15) is 9.84 Å². The van der Waals surface area contributed by atoms with Gasteiger partial charge in [0.15, 0.2) is 0 Å². The summed E-state index contributed by atoms with van der Waals surface area (Å²) in [6, 6.07) is 0.335. The summed E-state index contributed by atoms with van der Waals surface area (Å²) in [5.74, 6) is 2.68. The number of piperazine rings is 1. The van der Waals surface area contributed by atoms with E-state index in [-0.39, 0.29) is 35.9 Å². The Balaban J connectivity index is 1.51. The van der Waals surface area contributed by atoms with Crippen molar-refractivity contribution < 1.29 is 18.0 Å². The number of carbonyl (C=O) groups is 2. The number of sulfone groups is 1. The van der Waals surface area contributed by atoms with Crippen LogP contribution < -0.4 is 0 Å². The molecule has 0 radical (unpaired) electrons. The Labute approximate surface area is 188 Å². The summed E-state index contributed by atoms with van der Waals surface area (Å²) < 4.78 is 23.9. The molecule has 0 aromatic rings. The molecule has 3 saturated carbocycles. The van der Waals surface area contributed by atoms with E-state index in [1.54, 1.807) is 6.92 Å². The number of amides is 2. The average molecular weight is 453 g/mol. The lowest BCUT2D eigenvalue weighted by atomic mass is 9.65. The zero-order valence-electron chi connectivity index (χ0n) is 19.6. The van der Waals surface area contributed by atoms with Gasteiger partial charge < -0.3 is 9.80 Å². The molecule has 1 heterocycles. The Kier molecular flexibility index (Phi) is 6.46. The van der Waals surface area contributed by atoms with E-state index in [2.05, 4.69) is 18.7 Å². The maximum atomic E-state index is 13.1. The number of rotatable bonds is 4. The molecule has 1 aliphatic heterocycles. The Morgan fingerprint density at radius 2 is 1.55 bits per heavy atom. The molecule has 3 aliphatic carbocycles. The smallest absolute Gasteiger partial charge is 0.226 e. The van der Waals surface area contributed by atoms with Gasteiger partial charge in [-0.25, -0.2) is 8.42 Å². The van der Waals surface area contributed by atoms with Gasteiger partial charge in [0, 0.05) is 31.7 Å². The van der Waals surface area contributed by atoms with Crippen LogP contribution in [0.3, 0.4) is 0 Å². The van der Waals surface area contributed by atoms with Crippen LogP contribution in [0.1, 0.15) is 72.1 Å². The monoisotopic (exact) mass is 452 g/mol. The minimum Gasteiger partial charge on any atom is -0.335 e. The van der Waals surface area contributed by atoms with E-state index < -0.39 is 9.84 Å². The first-order valence-corrected chi connectivity index (χ1v) is 14.4. The molecule has 0 bridgehead atoms. The summed E-state index contributed by atoms with van der Waals surface area (Å²) in [5, 5.41) is 0. The second-order valence-electron chi connectivity index (χ2n) is 11.2. The highest BCUT2D eigenvalue weighted by atomic mass is 32.2. The highest BCUT2D eigenvalue weighted by molar-refractivity contribution is 7.90. The minimum atomic E-state index is -2.97. The van der Waals surface area contributed by atoms with Crippen LogP contribution in [0.2, 0.25) is 0 Å². The molecule has 4 fully saturated rings. The standard InChI is InChI=1S/C24H40N2O4S/c1-15-5-6-19(11-21(15)14-31(4,29)30)20-9-10-22-23(12-20)25(24(28)18-7-8-18)13-16(2)26(22)17(3)27/h15-16,18-23H,5-14H2,1-4H3. The van der Waals surface area contributed by atoms with Crippen LogP contribution >= 0.6 is 0 Å². The normalized spacial score (nSPS) is 39.2. The summed E-state index contributed by atoms with van der Waals surface area (Å²) in [6.45, 7) is 6.60. The van der Waals surface area contributed by atoms with Crippen molar-refractivity contribution in [3.05, 3.63) is 0 Å². The molecule has 2 amide bonds. The Morgan fingerprint density at radius 1 is 0.903 bits per heavy atom. The molecule has 0 N–H and O–H groups in total. The van der Waals surface area contributed by atoms with Crippen LogP contribution in [0.15, 0.2) is 0 Å². The van der Waals surface area contributed by atoms with Crippen LogP contribution in [0, 0.1) is 29.6 Å². The summed E-state index contributed by atoms with van der Waals surface area (Å²) in [7, 11) is -2.97. The first-order valence-electron chi connectivity index (χ1n) is 12.3. The van der Waals surface area contributed by atoms with Crippen LogP contribution in [0.5, 0.6) is 0 Å². The average Bonchev–Trinajstić information content (AvgIpc) is 3.52. The molecule has 6 nitrogen and oxygen atoms in total. The summed E-state index contributed by atoms with van der Waals surface area (Å²) in [6.07, 6.45) is 9.61. The largest absolute Gasteiger partial charge is 0.335 e. The second-order valence-corrected chi connectivity index (χ2v) is 13.3. The number of carbonyl (C=O) groups excluding carboxylic acids is 2. The molecule has 7 unspecified atom stereocenters. The minimum absolute atomic E-state index is 0.0765. The first-order chi connectivity index (χ1) is 14.5. The number of hydrogen-bond donors (Lipinski definition) is 0. The summed E-state index contributed by atoms with van der Waals surface area (Å²) in [4.78, 5) is 29.8. The fourth-order valence-corrected chi connectivity index (χ4v) is 8.19. The maximum absolute atomic E-state index is 13.1. The van der Waals surface area contributed by atoms with Gasteiger partial charge in [0.25, 0.3) is 0 Å². The molecule has 1 saturated heterocycles. The van der Waals surface area contributed by atoms with Crippen molar-refractivity contribution in [1.29, 1.82) is 0 Å². The van der Waals surface area contributed by atoms with Gasteiger partial charge in [0.05, 0.1) is 17.8 Å². The van der Waals surface area contributed by atoms with E-state index in [1.807, 2.05) is 4.90 Å². The topological polar surface area (TPSA) is 74.8 Å². The van der Waals surface area contributed by atoms with E-state index in [0.717, 1.165) is 51.4 Å². The maximum Gasteiger partial charge on any atom is 0.226 e. The number of hydrogen-bond acceptors (Lipinski definition) is 4. The third-order valence-electron chi connectivity index (χ3n) is 8.67. The SMILES string of the molecule is CC(=O)N1C(C)CN(C(=O)C2CC2)C2CC(C3CCC(C)C(CS(C)(=O)=O)C3)CCC21. The van der Waals surface area contributed by atoms with Crippen molar-refractivity contribution in [2.24, 2.45) is 29.6 Å². The van der Waals surface area contributed by atoms with Gasteiger partial charge >= 0.3 is 0 Å². The van der Waals surface area contributed by atoms with Gasteiger partial charge in [0.2, 0.25) is 11.8 Å². The molecule has 0 aromatic heterocycles. The molecular weight excluding hydrogens is 412 g/mol. The fraction of sp³-hybridized carbons (Fsp3) is 0.917. The first kappa shape index (κ1) is 23.1. The van der Waals surface area contributed by atoms with E-state index >= 15 is 0 Å². The zero-order valence-corrected chi connectivity index (χ0v) is 20.4. The van der Waals surface area contributed by atoms with Crippen LogP contribution in [-0.2, 0) is 19.4 Å². The van der Waals surface area contributed by atoms with Gasteiger partial charge in [-0.3, -0.25) is 9.59 Å². The van der Waals surface area contributed by atoms with Crippen molar-refractivity contribution in [3.8, 4) is 0 Å². The van der Waals surface area contributed by atoms with E-state index in [0.29, 0.717) is 36.0 Å². The van der Waals surface area contributed by atoms with Gasteiger partial charge in [-0.1, -0.05) is 13.3 Å². The van der Waals surface area contributed by atoms with Crippen LogP contribution in [0.4, 0.5) is 0 Å². The summed E-state index contributed by atoms with van der Waals surface area (Å²) >= 11 is 0. The second kappa shape index (κ2) is 8.68. The lowest BCUT2D eigenvalue weighted by molar-refractivity contribution is -0.155. The number of fused-ring (bicyclic) bond motifs is 1. The predicted molar refractivity (Wildman–Crippen MR) is 121 cm³/mol. The molecule has 0 spiro atoms. The Morgan fingerprint density at radius 3 is 2.16 bits per heavy atom. The predicted octanol–water partition coefficient (Wildman–Crippen LogP) is 3.11. The van der Waals surface area contributed by atoms with E-state index in [9.17, 15) is 18.0 Å². The fourth-order valence-electron chi connectivity index (χ4n) is 6.95. The van der Waals surface area contributed by atoms with Crippen molar-refractivity contribution in [2.75, 3.05) is 18.6 Å². The van der Waals surface area contributed by atoms with Crippen LogP contribution in [0.25, 0.3) is 0 Å². The van der Waals surface area contributed by atoms with Crippen LogP contribution in [-0.4, -0.2) is 66.7 Å². The molecule has 0 aromatic carbocycles. The zero-order chi connectivity index (χ0) is 22.5. The van der Waals surface area contributed by atoms with Gasteiger partial charge in [-0.15, -0.1) is 0 Å². The lowest BCUT2D eigenvalue weighted by Gasteiger charge is -2.55. The van der Waals surface area contributed by atoms with Crippen molar-refractivity contribution in [1.82, 2.24) is 9.80 Å². The van der Waals surface area contributed by atoms with Crippen molar-refractivity contribution >= 4 is 21.7 Å². The Bertz CT molecular complexity index is 808. The highest BCUT2D eigenvalue weighted by Gasteiger charge is 2.49. The third-order valence-corrected chi connectivity index (χ3v) is 9.71. The Hall–Kier alpha value is -1.11.